The van der Waals surface area contributed by atoms with Crippen LogP contribution in [0.4, 0.5) is 0 Å². The van der Waals surface area contributed by atoms with Crippen molar-refractivity contribution in [1.29, 1.82) is 0 Å². The molecule has 3 saturated heterocycles. The lowest BCUT2D eigenvalue weighted by atomic mass is 9.85. The molecule has 0 aliphatic carbocycles. The van der Waals surface area contributed by atoms with E-state index in [0.29, 0.717) is 30.2 Å². The van der Waals surface area contributed by atoms with E-state index in [1.165, 1.54) is 38.0 Å². The summed E-state index contributed by atoms with van der Waals surface area (Å²) >= 11 is 0. The van der Waals surface area contributed by atoms with Crippen LogP contribution in [0.1, 0.15) is 45.1 Å². The predicted octanol–water partition coefficient (Wildman–Crippen LogP) is 1.93. The van der Waals surface area contributed by atoms with Gasteiger partial charge in [-0.25, -0.2) is 0 Å². The van der Waals surface area contributed by atoms with Crippen LogP contribution in [0.3, 0.4) is 0 Å². The topological polar surface area (TPSA) is 61.9 Å². The zero-order valence-electron chi connectivity index (χ0n) is 16.2. The second-order valence-electron chi connectivity index (χ2n) is 8.45. The maximum atomic E-state index is 11.8. The molecule has 4 rings (SSSR count). The highest BCUT2D eigenvalue weighted by molar-refractivity contribution is 5.99. The van der Waals surface area contributed by atoms with Crippen LogP contribution in [0.15, 0.2) is 24.3 Å². The van der Waals surface area contributed by atoms with Gasteiger partial charge in [-0.3, -0.25) is 24.7 Å². The van der Waals surface area contributed by atoms with Gasteiger partial charge in [-0.15, -0.1) is 0 Å². The minimum atomic E-state index is -0.576. The first-order valence-electron chi connectivity index (χ1n) is 10.0. The lowest BCUT2D eigenvalue weighted by Crippen LogP contribution is -2.68. The minimum absolute atomic E-state index is 0.221. The van der Waals surface area contributed by atoms with Crippen LogP contribution in [0.2, 0.25) is 0 Å². The van der Waals surface area contributed by atoms with E-state index in [-0.39, 0.29) is 11.8 Å². The predicted molar refractivity (Wildman–Crippen MR) is 102 cm³/mol. The van der Waals surface area contributed by atoms with Gasteiger partial charge in [-0.05, 0) is 50.9 Å². The molecule has 27 heavy (non-hydrogen) atoms. The number of nitrogens with zero attached hydrogens (tertiary/aromatic N) is 2. The first kappa shape index (κ1) is 18.4. The molecule has 3 fully saturated rings. The lowest BCUT2D eigenvalue weighted by Gasteiger charge is -2.54. The number of nitrogens with one attached hydrogen (secondary N) is 1. The summed E-state index contributed by atoms with van der Waals surface area (Å²) in [7, 11) is 0. The van der Waals surface area contributed by atoms with Crippen molar-refractivity contribution in [3.63, 3.8) is 0 Å². The van der Waals surface area contributed by atoms with Crippen molar-refractivity contribution >= 4 is 11.8 Å². The van der Waals surface area contributed by atoms with Crippen LogP contribution < -0.4 is 10.1 Å². The Morgan fingerprint density at radius 1 is 1.22 bits per heavy atom. The Morgan fingerprint density at radius 2 is 1.96 bits per heavy atom. The van der Waals surface area contributed by atoms with Gasteiger partial charge in [0.2, 0.25) is 5.91 Å². The summed E-state index contributed by atoms with van der Waals surface area (Å²) < 4.78 is 5.77. The number of likely N-dealkylation sites (tertiary alicyclic amines) is 2. The van der Waals surface area contributed by atoms with Gasteiger partial charge in [-0.2, -0.15) is 0 Å². The maximum absolute atomic E-state index is 11.8. The van der Waals surface area contributed by atoms with Crippen LogP contribution in [0, 0.1) is 0 Å². The summed E-state index contributed by atoms with van der Waals surface area (Å²) in [5, 5.41) is 2.33. The molecule has 1 aromatic carbocycles. The molecule has 1 atom stereocenters. The molecule has 0 radical (unpaired) electrons. The van der Waals surface area contributed by atoms with Crippen LogP contribution in [0.5, 0.6) is 5.75 Å². The van der Waals surface area contributed by atoms with Crippen molar-refractivity contribution in [2.24, 2.45) is 0 Å². The van der Waals surface area contributed by atoms with Gasteiger partial charge in [-0.1, -0.05) is 12.1 Å². The molecule has 3 heterocycles. The van der Waals surface area contributed by atoms with Crippen molar-refractivity contribution in [3.8, 4) is 5.75 Å². The number of piperidine rings is 1. The quantitative estimate of drug-likeness (QED) is 0.802. The second kappa shape index (κ2) is 7.24. The van der Waals surface area contributed by atoms with Gasteiger partial charge in [0.05, 0.1) is 0 Å². The van der Waals surface area contributed by atoms with Gasteiger partial charge in [0.25, 0.3) is 5.91 Å². The van der Waals surface area contributed by atoms with Crippen LogP contribution in [-0.4, -0.2) is 58.9 Å². The summed E-state index contributed by atoms with van der Waals surface area (Å²) in [4.78, 5) is 28.2. The first-order chi connectivity index (χ1) is 12.9. The molecule has 1 spiro atoms. The number of hydrogen-bond acceptors (Lipinski definition) is 5. The number of carbonyl (C=O) groups excluding carboxylic acids is 2. The fraction of sp³-hybridized carbons (Fsp3) is 0.619. The molecule has 3 aliphatic heterocycles. The molecule has 0 saturated carbocycles. The van der Waals surface area contributed by atoms with Gasteiger partial charge in [0.1, 0.15) is 5.75 Å². The number of amides is 2. The highest BCUT2D eigenvalue weighted by Gasteiger charge is 2.50. The Bertz CT molecular complexity index is 710. The van der Waals surface area contributed by atoms with Crippen molar-refractivity contribution in [1.82, 2.24) is 15.1 Å². The summed E-state index contributed by atoms with van der Waals surface area (Å²) in [6.07, 6.45) is 2.77. The van der Waals surface area contributed by atoms with Gasteiger partial charge in [0, 0.05) is 44.1 Å². The molecule has 146 valence electrons. The average Bonchev–Trinajstić information content (AvgIpc) is 3.01. The average molecular weight is 371 g/mol. The zero-order valence-corrected chi connectivity index (χ0v) is 16.2. The number of hydrogen-bond donors (Lipinski definition) is 1. The molecular formula is C21H29N3O3. The van der Waals surface area contributed by atoms with E-state index in [9.17, 15) is 9.59 Å². The molecule has 6 heteroatoms. The summed E-state index contributed by atoms with van der Waals surface area (Å²) in [6, 6.07) is 8.67. The monoisotopic (exact) mass is 371 g/mol. The van der Waals surface area contributed by atoms with Crippen molar-refractivity contribution in [2.45, 2.75) is 63.8 Å². The van der Waals surface area contributed by atoms with Crippen molar-refractivity contribution in [3.05, 3.63) is 29.8 Å². The molecule has 0 bridgehead atoms. The molecule has 6 nitrogen and oxygen atoms in total. The highest BCUT2D eigenvalue weighted by atomic mass is 16.5. The van der Waals surface area contributed by atoms with E-state index in [0.717, 1.165) is 6.54 Å². The standard InChI is InChI=1S/C21H29N3O3/c1-15(2)23-13-21(14-23)10-3-11-24(21)12-16-4-6-17(7-5-16)27-18-8-9-19(25)22-20(18)26/h4-7,15,18H,3,8-14H2,1-2H3,(H,22,25,26). The van der Waals surface area contributed by atoms with E-state index >= 15 is 0 Å². The Hall–Kier alpha value is -1.92. The van der Waals surface area contributed by atoms with E-state index in [2.05, 4.69) is 41.1 Å². The minimum Gasteiger partial charge on any atom is -0.481 e. The lowest BCUT2D eigenvalue weighted by molar-refractivity contribution is -0.138. The number of rotatable bonds is 5. The first-order valence-corrected chi connectivity index (χ1v) is 10.0. The number of imide groups is 1. The molecule has 1 aromatic rings. The molecular weight excluding hydrogens is 342 g/mol. The fourth-order valence-corrected chi connectivity index (χ4v) is 4.52. The Kier molecular flexibility index (Phi) is 4.95. The van der Waals surface area contributed by atoms with Crippen LogP contribution >= 0.6 is 0 Å². The largest absolute Gasteiger partial charge is 0.481 e. The fourth-order valence-electron chi connectivity index (χ4n) is 4.52. The molecule has 3 aliphatic rings. The maximum Gasteiger partial charge on any atom is 0.267 e. The van der Waals surface area contributed by atoms with Gasteiger partial charge >= 0.3 is 0 Å². The third-order valence-corrected chi connectivity index (χ3v) is 6.23. The second-order valence-corrected chi connectivity index (χ2v) is 8.45. The third kappa shape index (κ3) is 3.73. The summed E-state index contributed by atoms with van der Waals surface area (Å²) in [5.74, 6) is 0.120. The summed E-state index contributed by atoms with van der Waals surface area (Å²) in [6.45, 7) is 9.04. The third-order valence-electron chi connectivity index (χ3n) is 6.23. The zero-order chi connectivity index (χ0) is 19.0. The SMILES string of the molecule is CC(C)N1CC2(CCCN2Cc2ccc(OC3CCC(=O)NC3=O)cc2)C1. The molecule has 1 unspecified atom stereocenters. The normalized spacial score (nSPS) is 25.7. The molecule has 1 N–H and O–H groups in total. The Balaban J connectivity index is 1.34. The van der Waals surface area contributed by atoms with Gasteiger partial charge in [0.15, 0.2) is 6.10 Å². The number of benzene rings is 1. The Morgan fingerprint density at radius 3 is 2.63 bits per heavy atom. The van der Waals surface area contributed by atoms with Crippen LogP contribution in [-0.2, 0) is 16.1 Å². The van der Waals surface area contributed by atoms with E-state index in [1.54, 1.807) is 0 Å². The van der Waals surface area contributed by atoms with Crippen molar-refractivity contribution in [2.75, 3.05) is 19.6 Å². The number of carbonyl (C=O) groups is 2. The molecule has 2 amide bonds. The Labute approximate surface area is 160 Å². The van der Waals surface area contributed by atoms with E-state index < -0.39 is 6.10 Å². The van der Waals surface area contributed by atoms with Crippen molar-refractivity contribution < 1.29 is 14.3 Å². The highest BCUT2D eigenvalue weighted by Crippen LogP contribution is 2.39. The van der Waals surface area contributed by atoms with E-state index in [1.807, 2.05) is 12.1 Å². The van der Waals surface area contributed by atoms with Gasteiger partial charge < -0.3 is 4.74 Å². The van der Waals surface area contributed by atoms with Crippen LogP contribution in [0.25, 0.3) is 0 Å². The summed E-state index contributed by atoms with van der Waals surface area (Å²) in [5.41, 5.74) is 1.64. The smallest absolute Gasteiger partial charge is 0.267 e. The van der Waals surface area contributed by atoms with E-state index in [4.69, 9.17) is 4.74 Å². The number of ether oxygens (including phenoxy) is 1. The molecule has 0 aromatic heterocycles.